The van der Waals surface area contributed by atoms with Gasteiger partial charge >= 0.3 is 0 Å². The van der Waals surface area contributed by atoms with Crippen LogP contribution in [-0.2, 0) is 9.68 Å². The van der Waals surface area contributed by atoms with Gasteiger partial charge in [-0.1, -0.05) is 0 Å². The van der Waals surface area contributed by atoms with Gasteiger partial charge in [0.1, 0.15) is 0 Å². The SMILES string of the molecule is CONN(C)NOC. The van der Waals surface area contributed by atoms with Crippen molar-refractivity contribution in [2.75, 3.05) is 21.3 Å². The Hall–Kier alpha value is -0.200. The van der Waals surface area contributed by atoms with Crippen molar-refractivity contribution in [3.8, 4) is 0 Å². The second-order valence-electron chi connectivity index (χ2n) is 1.15. The minimum Gasteiger partial charge on any atom is -0.289 e. The topological polar surface area (TPSA) is 45.8 Å². The first-order valence-corrected chi connectivity index (χ1v) is 2.12. The van der Waals surface area contributed by atoms with E-state index >= 15 is 0 Å². The van der Waals surface area contributed by atoms with Crippen LogP contribution in [0.15, 0.2) is 0 Å². The second kappa shape index (κ2) is 4.95. The lowest BCUT2D eigenvalue weighted by Crippen LogP contribution is -2.43. The van der Waals surface area contributed by atoms with Gasteiger partial charge in [-0.05, 0) is 0 Å². The third kappa shape index (κ3) is 3.97. The lowest BCUT2D eigenvalue weighted by Gasteiger charge is -2.14. The van der Waals surface area contributed by atoms with Crippen LogP contribution >= 0.6 is 0 Å². The number of rotatable bonds is 4. The molecular formula is C3H11N3O2. The molecule has 0 fully saturated rings. The zero-order valence-corrected chi connectivity index (χ0v) is 5.26. The largest absolute Gasteiger partial charge is 0.289 e. The second-order valence-corrected chi connectivity index (χ2v) is 1.15. The molecule has 0 heterocycles. The lowest BCUT2D eigenvalue weighted by molar-refractivity contribution is -0.154. The summed E-state index contributed by atoms with van der Waals surface area (Å²) >= 11 is 0. The molecule has 5 nitrogen and oxygen atoms in total. The van der Waals surface area contributed by atoms with Gasteiger partial charge in [0.05, 0.1) is 14.2 Å². The van der Waals surface area contributed by atoms with E-state index in [1.807, 2.05) is 0 Å². The molecule has 5 heteroatoms. The van der Waals surface area contributed by atoms with Gasteiger partial charge in [0.2, 0.25) is 0 Å². The molecule has 0 rings (SSSR count). The van der Waals surface area contributed by atoms with Crippen LogP contribution in [0.4, 0.5) is 0 Å². The maximum atomic E-state index is 4.49. The molecule has 0 aromatic heterocycles. The maximum absolute atomic E-state index is 4.49. The van der Waals surface area contributed by atoms with Crippen LogP contribution in [0, 0.1) is 0 Å². The quantitative estimate of drug-likeness (QED) is 0.469. The molecule has 0 saturated carbocycles. The lowest BCUT2D eigenvalue weighted by atomic mass is 11.4. The number of nitrogens with one attached hydrogen (secondary N) is 2. The highest BCUT2D eigenvalue weighted by Gasteiger charge is 1.87. The Bertz CT molecular complexity index is 45.8. The average Bonchev–Trinajstić information content (AvgIpc) is 1.68. The van der Waals surface area contributed by atoms with Crippen molar-refractivity contribution < 1.29 is 9.68 Å². The first-order valence-electron chi connectivity index (χ1n) is 2.12. The highest BCUT2D eigenvalue weighted by atomic mass is 16.7. The molecule has 0 spiro atoms. The molecule has 0 unspecified atom stereocenters. The van der Waals surface area contributed by atoms with Crippen molar-refractivity contribution in [3.63, 3.8) is 0 Å². The molecule has 0 aliphatic rings. The molecular weight excluding hydrogens is 110 g/mol. The minimum atomic E-state index is 1.42. The van der Waals surface area contributed by atoms with Gasteiger partial charge < -0.3 is 0 Å². The molecule has 0 bridgehead atoms. The molecule has 0 atom stereocenters. The monoisotopic (exact) mass is 121 g/mol. The Labute approximate surface area is 48.4 Å². The Balaban J connectivity index is 2.92. The Kier molecular flexibility index (Phi) is 4.82. The third-order valence-electron chi connectivity index (χ3n) is 0.456. The number of hydrazine groups is 2. The average molecular weight is 121 g/mol. The van der Waals surface area contributed by atoms with Crippen LogP contribution in [0.1, 0.15) is 0 Å². The number of hydrogen-bond acceptors (Lipinski definition) is 5. The predicted molar refractivity (Wildman–Crippen MR) is 28.1 cm³/mol. The van der Waals surface area contributed by atoms with Crippen molar-refractivity contribution >= 4 is 0 Å². The fourth-order valence-electron chi connectivity index (χ4n) is 0.292. The van der Waals surface area contributed by atoms with Gasteiger partial charge in [-0.3, -0.25) is 9.68 Å². The summed E-state index contributed by atoms with van der Waals surface area (Å²) in [6.07, 6.45) is 0. The van der Waals surface area contributed by atoms with Crippen LogP contribution in [-0.4, -0.2) is 26.4 Å². The van der Waals surface area contributed by atoms with Gasteiger partial charge in [-0.25, -0.2) is 0 Å². The van der Waals surface area contributed by atoms with E-state index < -0.39 is 0 Å². The molecule has 2 N–H and O–H groups in total. The van der Waals surface area contributed by atoms with Crippen LogP contribution < -0.4 is 11.2 Å². The molecule has 0 amide bonds. The standard InChI is InChI=1S/C3H11N3O2/c1-6(4-7-2)5-8-3/h4-5H,1-3H3. The van der Waals surface area contributed by atoms with Crippen molar-refractivity contribution in [1.29, 1.82) is 0 Å². The van der Waals surface area contributed by atoms with Gasteiger partial charge in [-0.2, -0.15) is 0 Å². The first-order chi connectivity index (χ1) is 3.81. The van der Waals surface area contributed by atoms with E-state index in [0.29, 0.717) is 0 Å². The first kappa shape index (κ1) is 7.80. The summed E-state index contributed by atoms with van der Waals surface area (Å²) in [5, 5.41) is 1.42. The number of hydrogen-bond donors (Lipinski definition) is 2. The van der Waals surface area contributed by atoms with E-state index in [4.69, 9.17) is 0 Å². The van der Waals surface area contributed by atoms with E-state index in [0.717, 1.165) is 0 Å². The zero-order valence-electron chi connectivity index (χ0n) is 5.26. The van der Waals surface area contributed by atoms with E-state index in [1.165, 1.54) is 19.3 Å². The summed E-state index contributed by atoms with van der Waals surface area (Å²) in [5.41, 5.74) is 4.89. The Morgan fingerprint density at radius 2 is 1.50 bits per heavy atom. The summed E-state index contributed by atoms with van der Waals surface area (Å²) in [4.78, 5) is 8.98. The highest BCUT2D eigenvalue weighted by molar-refractivity contribution is 4.04. The van der Waals surface area contributed by atoms with E-state index in [9.17, 15) is 0 Å². The van der Waals surface area contributed by atoms with Gasteiger partial charge in [0.25, 0.3) is 0 Å². The summed E-state index contributed by atoms with van der Waals surface area (Å²) in [6, 6.07) is 0. The summed E-state index contributed by atoms with van der Waals surface area (Å²) in [5.74, 6) is 0. The number of nitrogens with zero attached hydrogens (tertiary/aromatic N) is 1. The van der Waals surface area contributed by atoms with Crippen LogP contribution in [0.25, 0.3) is 0 Å². The molecule has 0 radical (unpaired) electrons. The Morgan fingerprint density at radius 3 is 1.75 bits per heavy atom. The molecule has 0 saturated heterocycles. The normalized spacial score (nSPS) is 10.5. The molecule has 0 aliphatic heterocycles. The maximum Gasteiger partial charge on any atom is 0.0589 e. The van der Waals surface area contributed by atoms with Crippen LogP contribution in [0.3, 0.4) is 0 Å². The molecule has 50 valence electrons. The van der Waals surface area contributed by atoms with Crippen LogP contribution in [0.2, 0.25) is 0 Å². The third-order valence-corrected chi connectivity index (χ3v) is 0.456. The van der Waals surface area contributed by atoms with E-state index in [2.05, 4.69) is 20.9 Å². The summed E-state index contributed by atoms with van der Waals surface area (Å²) in [6.45, 7) is 0. The zero-order chi connectivity index (χ0) is 6.41. The van der Waals surface area contributed by atoms with Crippen molar-refractivity contribution in [2.45, 2.75) is 0 Å². The van der Waals surface area contributed by atoms with Crippen molar-refractivity contribution in [2.24, 2.45) is 0 Å². The van der Waals surface area contributed by atoms with Gasteiger partial charge in [0.15, 0.2) is 0 Å². The Morgan fingerprint density at radius 1 is 1.12 bits per heavy atom. The van der Waals surface area contributed by atoms with Gasteiger partial charge in [-0.15, -0.1) is 16.3 Å². The van der Waals surface area contributed by atoms with E-state index in [1.54, 1.807) is 7.05 Å². The summed E-state index contributed by atoms with van der Waals surface area (Å²) < 4.78 is 0. The minimum absolute atomic E-state index is 1.42. The van der Waals surface area contributed by atoms with Crippen molar-refractivity contribution in [3.05, 3.63) is 0 Å². The fraction of sp³-hybridized carbons (Fsp3) is 1.00. The van der Waals surface area contributed by atoms with Gasteiger partial charge in [0, 0.05) is 7.05 Å². The highest BCUT2D eigenvalue weighted by Crippen LogP contribution is 1.62. The fourth-order valence-corrected chi connectivity index (χ4v) is 0.292. The predicted octanol–water partition coefficient (Wildman–Crippen LogP) is -0.950. The smallest absolute Gasteiger partial charge is 0.0589 e. The van der Waals surface area contributed by atoms with E-state index in [-0.39, 0.29) is 0 Å². The molecule has 8 heavy (non-hydrogen) atoms. The van der Waals surface area contributed by atoms with Crippen molar-refractivity contribution in [1.82, 2.24) is 16.3 Å². The summed E-state index contributed by atoms with van der Waals surface area (Å²) in [7, 11) is 4.72. The van der Waals surface area contributed by atoms with Crippen LogP contribution in [0.5, 0.6) is 0 Å². The molecule has 0 aromatic carbocycles. The molecule has 0 aliphatic carbocycles. The molecule has 0 aromatic rings.